The van der Waals surface area contributed by atoms with Crippen LogP contribution in [0.1, 0.15) is 56.7 Å². The molecular formula is C24H26F3N3O2. The van der Waals surface area contributed by atoms with Crippen molar-refractivity contribution in [3.63, 3.8) is 0 Å². The molecule has 1 fully saturated rings. The lowest BCUT2D eigenvalue weighted by atomic mass is 9.86. The molecule has 2 N–H and O–H groups in total. The molecular weight excluding hydrogens is 419 g/mol. The van der Waals surface area contributed by atoms with Gasteiger partial charge >= 0.3 is 12.1 Å². The van der Waals surface area contributed by atoms with Crippen molar-refractivity contribution in [2.45, 2.75) is 51.6 Å². The van der Waals surface area contributed by atoms with Gasteiger partial charge < -0.3 is 5.32 Å². The number of nitrogens with one attached hydrogen (secondary N) is 2. The van der Waals surface area contributed by atoms with Crippen LogP contribution in [0.15, 0.2) is 53.6 Å². The molecule has 5 nitrogen and oxygen atoms in total. The molecule has 0 spiro atoms. The molecule has 0 radical (unpaired) electrons. The van der Waals surface area contributed by atoms with Gasteiger partial charge in [0.2, 0.25) is 5.91 Å². The Bertz CT molecular complexity index is 1020. The van der Waals surface area contributed by atoms with Gasteiger partial charge in [0.15, 0.2) is 0 Å². The van der Waals surface area contributed by atoms with Gasteiger partial charge in [-0.2, -0.15) is 18.3 Å². The average molecular weight is 445 g/mol. The Morgan fingerprint density at radius 1 is 0.969 bits per heavy atom. The standard InChI is InChI=1S/C24H26F3N3O2/c1-14(15-7-11-18(12-8-15)28-22(32)24(25,26)27)29-30-21(31)20-13-19(20)16-5-9-17(10-6-16)23(2,3)4/h5-12,19-20H,13H2,1-4H3,(H,28,32)(H,30,31)/b29-14-/t19-,20+/m0/s1. The predicted molar refractivity (Wildman–Crippen MR) is 117 cm³/mol. The van der Waals surface area contributed by atoms with Crippen LogP contribution in [0, 0.1) is 5.92 Å². The van der Waals surface area contributed by atoms with Crippen LogP contribution in [-0.2, 0) is 15.0 Å². The molecule has 0 aromatic heterocycles. The summed E-state index contributed by atoms with van der Waals surface area (Å²) < 4.78 is 37.0. The van der Waals surface area contributed by atoms with Gasteiger partial charge in [-0.25, -0.2) is 5.43 Å². The van der Waals surface area contributed by atoms with Crippen LogP contribution in [0.2, 0.25) is 0 Å². The minimum Gasteiger partial charge on any atom is -0.318 e. The summed E-state index contributed by atoms with van der Waals surface area (Å²) in [5.74, 6) is -2.15. The van der Waals surface area contributed by atoms with Crippen molar-refractivity contribution in [1.29, 1.82) is 0 Å². The molecule has 2 aromatic rings. The monoisotopic (exact) mass is 445 g/mol. The molecule has 2 amide bonds. The molecule has 170 valence electrons. The fraction of sp³-hybridized carbons (Fsp3) is 0.375. The van der Waals surface area contributed by atoms with Crippen LogP contribution in [0.4, 0.5) is 18.9 Å². The highest BCUT2D eigenvalue weighted by molar-refractivity contribution is 6.00. The van der Waals surface area contributed by atoms with E-state index in [2.05, 4.69) is 55.6 Å². The maximum Gasteiger partial charge on any atom is 0.471 e. The van der Waals surface area contributed by atoms with Gasteiger partial charge in [0.05, 0.1) is 5.71 Å². The fourth-order valence-corrected chi connectivity index (χ4v) is 3.37. The van der Waals surface area contributed by atoms with E-state index in [4.69, 9.17) is 0 Å². The molecule has 0 heterocycles. The number of benzene rings is 2. The number of hydrogen-bond acceptors (Lipinski definition) is 3. The molecule has 0 bridgehead atoms. The van der Waals surface area contributed by atoms with Gasteiger partial charge in [-0.15, -0.1) is 0 Å². The minimum atomic E-state index is -4.95. The first kappa shape index (κ1) is 23.5. The molecule has 1 saturated carbocycles. The smallest absolute Gasteiger partial charge is 0.318 e. The Labute approximate surface area is 185 Å². The summed E-state index contributed by atoms with van der Waals surface area (Å²) in [6, 6.07) is 14.1. The number of carbonyl (C=O) groups is 2. The zero-order valence-electron chi connectivity index (χ0n) is 18.4. The van der Waals surface area contributed by atoms with Crippen molar-refractivity contribution in [1.82, 2.24) is 5.43 Å². The van der Waals surface area contributed by atoms with Crippen LogP contribution >= 0.6 is 0 Å². The van der Waals surface area contributed by atoms with Gasteiger partial charge in [0, 0.05) is 11.6 Å². The highest BCUT2D eigenvalue weighted by Gasteiger charge is 2.44. The minimum absolute atomic E-state index is 0.0196. The van der Waals surface area contributed by atoms with E-state index in [0.29, 0.717) is 11.3 Å². The zero-order valence-corrected chi connectivity index (χ0v) is 18.4. The molecule has 2 aromatic carbocycles. The van der Waals surface area contributed by atoms with Crippen molar-refractivity contribution < 1.29 is 22.8 Å². The molecule has 1 aliphatic carbocycles. The molecule has 0 aliphatic heterocycles. The number of anilines is 1. The molecule has 32 heavy (non-hydrogen) atoms. The number of halogens is 3. The molecule has 3 rings (SSSR count). The van der Waals surface area contributed by atoms with E-state index in [-0.39, 0.29) is 28.8 Å². The van der Waals surface area contributed by atoms with E-state index in [0.717, 1.165) is 12.0 Å². The van der Waals surface area contributed by atoms with E-state index in [9.17, 15) is 22.8 Å². The fourth-order valence-electron chi connectivity index (χ4n) is 3.37. The van der Waals surface area contributed by atoms with Crippen LogP contribution in [0.25, 0.3) is 0 Å². The largest absolute Gasteiger partial charge is 0.471 e. The third-order valence-corrected chi connectivity index (χ3v) is 5.48. The summed E-state index contributed by atoms with van der Waals surface area (Å²) in [5.41, 5.74) is 6.16. The summed E-state index contributed by atoms with van der Waals surface area (Å²) in [5, 5.41) is 5.89. The van der Waals surface area contributed by atoms with Crippen molar-refractivity contribution >= 4 is 23.2 Å². The lowest BCUT2D eigenvalue weighted by molar-refractivity contribution is -0.167. The second-order valence-corrected chi connectivity index (χ2v) is 9.02. The summed E-state index contributed by atoms with van der Waals surface area (Å²) in [4.78, 5) is 23.4. The van der Waals surface area contributed by atoms with Gasteiger partial charge in [0.1, 0.15) is 0 Å². The summed E-state index contributed by atoms with van der Waals surface area (Å²) in [6.07, 6.45) is -4.18. The van der Waals surface area contributed by atoms with Crippen LogP contribution in [0.5, 0.6) is 0 Å². The molecule has 0 unspecified atom stereocenters. The normalized spacial score (nSPS) is 18.8. The lowest BCUT2D eigenvalue weighted by Crippen LogP contribution is -2.29. The van der Waals surface area contributed by atoms with Crippen LogP contribution in [-0.4, -0.2) is 23.7 Å². The van der Waals surface area contributed by atoms with Crippen LogP contribution < -0.4 is 10.7 Å². The third kappa shape index (κ3) is 5.75. The first-order valence-electron chi connectivity index (χ1n) is 10.3. The number of amides is 2. The molecule has 2 atom stereocenters. The maximum atomic E-state index is 12.4. The second-order valence-electron chi connectivity index (χ2n) is 9.02. The van der Waals surface area contributed by atoms with E-state index >= 15 is 0 Å². The van der Waals surface area contributed by atoms with Crippen LogP contribution in [0.3, 0.4) is 0 Å². The van der Waals surface area contributed by atoms with E-state index in [1.54, 1.807) is 12.2 Å². The number of hydrogen-bond donors (Lipinski definition) is 2. The van der Waals surface area contributed by atoms with Crippen molar-refractivity contribution in [2.75, 3.05) is 5.32 Å². The number of rotatable bonds is 5. The number of carbonyl (C=O) groups excluding carboxylic acids is 2. The number of hydrazone groups is 1. The number of alkyl halides is 3. The summed E-state index contributed by atoms with van der Waals surface area (Å²) in [7, 11) is 0. The summed E-state index contributed by atoms with van der Waals surface area (Å²) >= 11 is 0. The molecule has 1 aliphatic rings. The van der Waals surface area contributed by atoms with E-state index in [1.807, 2.05) is 0 Å². The van der Waals surface area contributed by atoms with Crippen molar-refractivity contribution in [3.05, 3.63) is 65.2 Å². The molecule has 0 saturated heterocycles. The summed E-state index contributed by atoms with van der Waals surface area (Å²) in [6.45, 7) is 8.14. The first-order valence-corrected chi connectivity index (χ1v) is 10.3. The van der Waals surface area contributed by atoms with E-state index in [1.165, 1.54) is 29.8 Å². The first-order chi connectivity index (χ1) is 14.9. The predicted octanol–water partition coefficient (Wildman–Crippen LogP) is 5.13. The van der Waals surface area contributed by atoms with Gasteiger partial charge in [0.25, 0.3) is 0 Å². The Morgan fingerprint density at radius 2 is 1.56 bits per heavy atom. The quantitative estimate of drug-likeness (QED) is 0.495. The van der Waals surface area contributed by atoms with Crippen molar-refractivity contribution in [2.24, 2.45) is 11.0 Å². The Balaban J connectivity index is 1.55. The Kier molecular flexibility index (Phi) is 6.44. The topological polar surface area (TPSA) is 70.6 Å². The second kappa shape index (κ2) is 8.76. The highest BCUT2D eigenvalue weighted by atomic mass is 19.4. The molecule has 8 heteroatoms. The average Bonchev–Trinajstić information content (AvgIpc) is 3.52. The van der Waals surface area contributed by atoms with Crippen molar-refractivity contribution in [3.8, 4) is 0 Å². The Hall–Kier alpha value is -3.16. The van der Waals surface area contributed by atoms with Gasteiger partial charge in [-0.1, -0.05) is 57.2 Å². The van der Waals surface area contributed by atoms with Gasteiger partial charge in [-0.3, -0.25) is 9.59 Å². The maximum absolute atomic E-state index is 12.4. The Morgan fingerprint density at radius 3 is 2.09 bits per heavy atom. The zero-order chi connectivity index (χ0) is 23.7. The third-order valence-electron chi connectivity index (χ3n) is 5.48. The van der Waals surface area contributed by atoms with E-state index < -0.39 is 12.1 Å². The lowest BCUT2D eigenvalue weighted by Gasteiger charge is -2.19. The van der Waals surface area contributed by atoms with Gasteiger partial charge in [-0.05, 0) is 53.5 Å². The highest BCUT2D eigenvalue weighted by Crippen LogP contribution is 2.47. The SMILES string of the molecule is C/C(=N/NC(=O)[C@@H]1C[C@H]1c1ccc(C(C)(C)C)cc1)c1ccc(NC(=O)C(F)(F)F)cc1. The number of nitrogens with zero attached hydrogens (tertiary/aromatic N) is 1.